The van der Waals surface area contributed by atoms with Crippen LogP contribution in [0, 0.1) is 28.6 Å². The third-order valence-electron chi connectivity index (χ3n) is 10.8. The molecular formula is C31H57NO4. The van der Waals surface area contributed by atoms with Crippen LogP contribution in [0.4, 0.5) is 0 Å². The van der Waals surface area contributed by atoms with Crippen molar-refractivity contribution in [3.05, 3.63) is 0 Å². The Bertz CT molecular complexity index is 685. The summed E-state index contributed by atoms with van der Waals surface area (Å²) in [5, 5.41) is 19.8. The SMILES string of the molecule is CC.CCCCC(O)C(=O)N1CCCCC2C1CCC1C3(C)CCC(OCCCO)CC3CCC21C. The maximum absolute atomic E-state index is 13.4. The second-order valence-corrected chi connectivity index (χ2v) is 12.6. The highest BCUT2D eigenvalue weighted by atomic mass is 16.5. The number of amides is 1. The van der Waals surface area contributed by atoms with Gasteiger partial charge in [0.15, 0.2) is 0 Å². The van der Waals surface area contributed by atoms with Crippen LogP contribution < -0.4 is 0 Å². The maximum Gasteiger partial charge on any atom is 0.251 e. The van der Waals surface area contributed by atoms with Crippen LogP contribution in [0.15, 0.2) is 0 Å². The highest BCUT2D eigenvalue weighted by Gasteiger charge is 2.61. The molecule has 210 valence electrons. The first-order valence-electron chi connectivity index (χ1n) is 15.6. The second kappa shape index (κ2) is 13.4. The average molecular weight is 508 g/mol. The summed E-state index contributed by atoms with van der Waals surface area (Å²) < 4.78 is 6.14. The van der Waals surface area contributed by atoms with Gasteiger partial charge in [0, 0.05) is 25.8 Å². The predicted molar refractivity (Wildman–Crippen MR) is 147 cm³/mol. The van der Waals surface area contributed by atoms with E-state index in [1.54, 1.807) is 0 Å². The molecule has 0 radical (unpaired) electrons. The topological polar surface area (TPSA) is 70.0 Å². The number of hydrogen-bond donors (Lipinski definition) is 2. The van der Waals surface area contributed by atoms with Crippen LogP contribution in [0.1, 0.15) is 125 Å². The lowest BCUT2D eigenvalue weighted by molar-refractivity contribution is -0.173. The molecule has 8 atom stereocenters. The molecule has 5 heteroatoms. The number of fused-ring (bicyclic) bond motifs is 5. The first kappa shape index (κ1) is 29.9. The van der Waals surface area contributed by atoms with Crippen LogP contribution >= 0.6 is 0 Å². The summed E-state index contributed by atoms with van der Waals surface area (Å²) in [6.45, 7) is 13.0. The Labute approximate surface area is 221 Å². The Balaban J connectivity index is 0.00000176. The molecule has 3 aliphatic carbocycles. The smallest absolute Gasteiger partial charge is 0.251 e. The Morgan fingerprint density at radius 3 is 2.50 bits per heavy atom. The third-order valence-corrected chi connectivity index (χ3v) is 10.8. The molecule has 8 unspecified atom stereocenters. The van der Waals surface area contributed by atoms with Crippen molar-refractivity contribution in [2.45, 2.75) is 143 Å². The van der Waals surface area contributed by atoms with Crippen molar-refractivity contribution in [1.29, 1.82) is 0 Å². The van der Waals surface area contributed by atoms with Crippen LogP contribution in [-0.2, 0) is 9.53 Å². The lowest BCUT2D eigenvalue weighted by atomic mass is 9.42. The lowest BCUT2D eigenvalue weighted by Crippen LogP contribution is -2.61. The predicted octanol–water partition coefficient (Wildman–Crippen LogP) is 6.35. The van der Waals surface area contributed by atoms with E-state index in [0.29, 0.717) is 36.5 Å². The molecule has 1 amide bonds. The van der Waals surface area contributed by atoms with E-state index in [4.69, 9.17) is 9.84 Å². The number of ether oxygens (including phenoxy) is 1. The van der Waals surface area contributed by atoms with Crippen LogP contribution in [0.25, 0.3) is 0 Å². The molecule has 2 N–H and O–H groups in total. The van der Waals surface area contributed by atoms with Gasteiger partial charge in [0.25, 0.3) is 5.91 Å². The van der Waals surface area contributed by atoms with Gasteiger partial charge < -0.3 is 19.8 Å². The molecule has 4 fully saturated rings. The maximum atomic E-state index is 13.4. The average Bonchev–Trinajstić information content (AvgIpc) is 3.11. The first-order valence-corrected chi connectivity index (χ1v) is 15.6. The van der Waals surface area contributed by atoms with Gasteiger partial charge in [-0.1, -0.05) is 53.9 Å². The minimum atomic E-state index is -0.821. The van der Waals surface area contributed by atoms with Crippen molar-refractivity contribution in [2.75, 3.05) is 19.8 Å². The van der Waals surface area contributed by atoms with Gasteiger partial charge in [-0.15, -0.1) is 0 Å². The molecule has 0 aromatic carbocycles. The van der Waals surface area contributed by atoms with Gasteiger partial charge in [-0.25, -0.2) is 0 Å². The molecule has 3 saturated carbocycles. The summed E-state index contributed by atoms with van der Waals surface area (Å²) in [4.78, 5) is 15.5. The molecule has 36 heavy (non-hydrogen) atoms. The number of aliphatic hydroxyl groups excluding tert-OH is 2. The van der Waals surface area contributed by atoms with Gasteiger partial charge in [-0.3, -0.25) is 4.79 Å². The second-order valence-electron chi connectivity index (χ2n) is 12.6. The number of carbonyl (C=O) groups excluding carboxylic acids is 1. The molecule has 0 aromatic rings. The minimum Gasteiger partial charge on any atom is -0.396 e. The molecule has 4 aliphatic rings. The van der Waals surface area contributed by atoms with Gasteiger partial charge in [0.2, 0.25) is 0 Å². The fourth-order valence-electron chi connectivity index (χ4n) is 8.94. The number of unbranched alkanes of at least 4 members (excludes halogenated alkanes) is 1. The van der Waals surface area contributed by atoms with Crippen molar-refractivity contribution >= 4 is 5.91 Å². The fraction of sp³-hybridized carbons (Fsp3) is 0.968. The number of hydrogen-bond acceptors (Lipinski definition) is 4. The third kappa shape index (κ3) is 5.99. The highest BCUT2D eigenvalue weighted by Crippen LogP contribution is 2.66. The molecular weight excluding hydrogens is 450 g/mol. The largest absolute Gasteiger partial charge is 0.396 e. The van der Waals surface area contributed by atoms with Crippen LogP contribution in [-0.4, -0.2) is 59.0 Å². The van der Waals surface area contributed by atoms with Crippen molar-refractivity contribution < 1.29 is 19.7 Å². The Morgan fingerprint density at radius 2 is 1.78 bits per heavy atom. The summed E-state index contributed by atoms with van der Waals surface area (Å²) in [6, 6.07) is 0.311. The summed E-state index contributed by atoms with van der Waals surface area (Å²) in [5.41, 5.74) is 0.659. The quantitative estimate of drug-likeness (QED) is 0.376. The lowest BCUT2D eigenvalue weighted by Gasteiger charge is -2.65. The minimum absolute atomic E-state index is 0.00725. The van der Waals surface area contributed by atoms with Gasteiger partial charge in [-0.05, 0) is 99.2 Å². The molecule has 0 bridgehead atoms. The first-order chi connectivity index (χ1) is 17.3. The van der Waals surface area contributed by atoms with Crippen LogP contribution in [0.5, 0.6) is 0 Å². The summed E-state index contributed by atoms with van der Waals surface area (Å²) in [7, 11) is 0. The van der Waals surface area contributed by atoms with Crippen molar-refractivity contribution in [1.82, 2.24) is 4.90 Å². The number of rotatable bonds is 8. The Hall–Kier alpha value is -0.650. The van der Waals surface area contributed by atoms with E-state index in [1.807, 2.05) is 13.8 Å². The van der Waals surface area contributed by atoms with Crippen LogP contribution in [0.3, 0.4) is 0 Å². The summed E-state index contributed by atoms with van der Waals surface area (Å²) in [5.74, 6) is 2.02. The van der Waals surface area contributed by atoms with Gasteiger partial charge in [-0.2, -0.15) is 0 Å². The molecule has 0 aromatic heterocycles. The Kier molecular flexibility index (Phi) is 11.1. The van der Waals surface area contributed by atoms with Gasteiger partial charge in [0.05, 0.1) is 6.10 Å². The van der Waals surface area contributed by atoms with E-state index in [1.165, 1.54) is 44.9 Å². The van der Waals surface area contributed by atoms with E-state index in [0.717, 1.165) is 56.9 Å². The normalized spacial score (nSPS) is 39.0. The number of aliphatic hydroxyl groups is 2. The Morgan fingerprint density at radius 1 is 1.03 bits per heavy atom. The number of carbonyl (C=O) groups is 1. The van der Waals surface area contributed by atoms with Crippen LogP contribution in [0.2, 0.25) is 0 Å². The van der Waals surface area contributed by atoms with Crippen molar-refractivity contribution in [2.24, 2.45) is 28.6 Å². The zero-order valence-electron chi connectivity index (χ0n) is 24.1. The monoisotopic (exact) mass is 507 g/mol. The van der Waals surface area contributed by atoms with E-state index in [9.17, 15) is 9.90 Å². The standard InChI is InChI=1S/C29H51NO4.C2H6/c1-4-5-10-25(32)27(33)30-17-7-6-9-23-24(30)11-12-26-28(2)16-14-22(34-19-8-18-31)20-21(28)13-15-29(23,26)3;1-2/h21-26,31-32H,4-20H2,1-3H3;1-2H3. The highest BCUT2D eigenvalue weighted by molar-refractivity contribution is 5.81. The van der Waals surface area contributed by atoms with E-state index in [-0.39, 0.29) is 17.9 Å². The van der Waals surface area contributed by atoms with Gasteiger partial charge in [0.1, 0.15) is 6.10 Å². The molecule has 1 aliphatic heterocycles. The summed E-state index contributed by atoms with van der Waals surface area (Å²) >= 11 is 0. The molecule has 5 nitrogen and oxygen atoms in total. The van der Waals surface area contributed by atoms with Crippen molar-refractivity contribution in [3.8, 4) is 0 Å². The zero-order chi connectivity index (χ0) is 26.3. The van der Waals surface area contributed by atoms with E-state index >= 15 is 0 Å². The number of likely N-dealkylation sites (tertiary alicyclic amines) is 1. The van der Waals surface area contributed by atoms with E-state index in [2.05, 4.69) is 25.7 Å². The molecule has 1 saturated heterocycles. The van der Waals surface area contributed by atoms with E-state index < -0.39 is 6.10 Å². The fourth-order valence-corrected chi connectivity index (χ4v) is 8.94. The molecule has 0 spiro atoms. The zero-order valence-corrected chi connectivity index (χ0v) is 24.1. The van der Waals surface area contributed by atoms with Gasteiger partial charge >= 0.3 is 0 Å². The molecule has 1 heterocycles. The molecule has 4 rings (SSSR count). The summed E-state index contributed by atoms with van der Waals surface area (Å²) in [6.07, 6.45) is 14.8. The van der Waals surface area contributed by atoms with Crippen molar-refractivity contribution in [3.63, 3.8) is 0 Å². The number of nitrogens with zero attached hydrogens (tertiary/aromatic N) is 1.